The Bertz CT molecular complexity index is 918. The van der Waals surface area contributed by atoms with E-state index in [2.05, 4.69) is 11.0 Å². The van der Waals surface area contributed by atoms with Crippen LogP contribution < -0.4 is 14.4 Å². The highest BCUT2D eigenvalue weighted by molar-refractivity contribution is 5.78. The van der Waals surface area contributed by atoms with Crippen LogP contribution >= 0.6 is 0 Å². The van der Waals surface area contributed by atoms with Crippen LogP contribution in [0.5, 0.6) is 11.5 Å². The van der Waals surface area contributed by atoms with Gasteiger partial charge in [0, 0.05) is 57.0 Å². The summed E-state index contributed by atoms with van der Waals surface area (Å²) in [6, 6.07) is 8.28. The Morgan fingerprint density at radius 3 is 2.74 bits per heavy atom. The molecule has 2 aromatic rings. The van der Waals surface area contributed by atoms with Crippen LogP contribution in [0.4, 0.5) is 5.69 Å². The fourth-order valence-electron chi connectivity index (χ4n) is 4.90. The van der Waals surface area contributed by atoms with Crippen LogP contribution in [0.15, 0.2) is 30.5 Å². The Labute approximate surface area is 182 Å². The number of benzene rings is 1. The number of nitrogens with zero attached hydrogens (tertiary/aromatic N) is 2. The lowest BCUT2D eigenvalue weighted by molar-refractivity contribution is -0.118. The maximum Gasteiger partial charge on any atom is 0.231 e. The molecule has 0 bridgehead atoms. The third-order valence-electron chi connectivity index (χ3n) is 6.36. The molecule has 1 spiro atoms. The number of carbonyl (C=O) groups excluding carboxylic acids is 1. The molecule has 1 saturated carbocycles. The summed E-state index contributed by atoms with van der Waals surface area (Å²) in [6.45, 7) is 3.01. The van der Waals surface area contributed by atoms with Crippen molar-refractivity contribution in [3.8, 4) is 22.8 Å². The van der Waals surface area contributed by atoms with E-state index in [0.29, 0.717) is 5.41 Å². The molecule has 31 heavy (non-hydrogen) atoms. The van der Waals surface area contributed by atoms with Gasteiger partial charge in [-0.1, -0.05) is 0 Å². The topological polar surface area (TPSA) is 81.1 Å². The molecule has 1 N–H and O–H groups in total. The molecular weight excluding hydrogens is 396 g/mol. The van der Waals surface area contributed by atoms with E-state index >= 15 is 0 Å². The van der Waals surface area contributed by atoms with E-state index in [1.54, 1.807) is 7.11 Å². The van der Waals surface area contributed by atoms with Gasteiger partial charge in [-0.3, -0.25) is 4.98 Å². The summed E-state index contributed by atoms with van der Waals surface area (Å²) < 4.78 is 16.2. The zero-order valence-corrected chi connectivity index (χ0v) is 18.2. The third-order valence-corrected chi connectivity index (χ3v) is 6.36. The van der Waals surface area contributed by atoms with Crippen LogP contribution in [-0.2, 0) is 16.0 Å². The molecule has 7 nitrogen and oxygen atoms in total. The number of methoxy groups -OCH3 is 1. The minimum Gasteiger partial charge on any atom is -0.454 e. The van der Waals surface area contributed by atoms with Gasteiger partial charge in [-0.15, -0.1) is 0 Å². The highest BCUT2D eigenvalue weighted by atomic mass is 16.7. The second-order valence-corrected chi connectivity index (χ2v) is 8.54. The SMILES string of the molecule is CO.COCCCc1cnc(-c2ccc3c(c2)OCO3)c(N2CC3(CC(C=O)C3)C2)c1. The summed E-state index contributed by atoms with van der Waals surface area (Å²) in [5.41, 5.74) is 4.72. The van der Waals surface area contributed by atoms with E-state index in [1.807, 2.05) is 24.4 Å². The highest BCUT2D eigenvalue weighted by Crippen LogP contribution is 2.53. The largest absolute Gasteiger partial charge is 0.454 e. The second-order valence-electron chi connectivity index (χ2n) is 8.54. The predicted molar refractivity (Wildman–Crippen MR) is 118 cm³/mol. The molecule has 0 amide bonds. The Balaban J connectivity index is 0.00000112. The molecule has 1 aromatic carbocycles. The summed E-state index contributed by atoms with van der Waals surface area (Å²) in [4.78, 5) is 18.3. The number of anilines is 1. The highest BCUT2D eigenvalue weighted by Gasteiger charge is 2.52. The van der Waals surface area contributed by atoms with E-state index in [-0.39, 0.29) is 12.7 Å². The molecule has 166 valence electrons. The van der Waals surface area contributed by atoms with Gasteiger partial charge in [-0.05, 0) is 55.5 Å². The first-order valence-electron chi connectivity index (χ1n) is 10.7. The van der Waals surface area contributed by atoms with E-state index in [0.717, 1.165) is 81.5 Å². The number of hydrogen-bond donors (Lipinski definition) is 1. The van der Waals surface area contributed by atoms with Gasteiger partial charge >= 0.3 is 0 Å². The molecule has 5 rings (SSSR count). The fourth-order valence-corrected chi connectivity index (χ4v) is 4.90. The average Bonchev–Trinajstić information content (AvgIpc) is 3.22. The Kier molecular flexibility index (Phi) is 6.43. The predicted octanol–water partition coefficient (Wildman–Crippen LogP) is 3.08. The molecular formula is C24H30N2O5. The Morgan fingerprint density at radius 1 is 1.23 bits per heavy atom. The normalized spacial score (nSPS) is 18.1. The fraction of sp³-hybridized carbons (Fsp3) is 0.500. The van der Waals surface area contributed by atoms with Gasteiger partial charge in [0.1, 0.15) is 6.29 Å². The molecule has 1 aromatic heterocycles. The molecule has 0 radical (unpaired) electrons. The van der Waals surface area contributed by atoms with E-state index < -0.39 is 0 Å². The quantitative estimate of drug-likeness (QED) is 0.538. The number of fused-ring (bicyclic) bond motifs is 1. The lowest BCUT2D eigenvalue weighted by atomic mass is 9.58. The van der Waals surface area contributed by atoms with Gasteiger partial charge in [0.05, 0.1) is 11.4 Å². The van der Waals surface area contributed by atoms with Gasteiger partial charge in [-0.25, -0.2) is 0 Å². The minimum absolute atomic E-state index is 0.254. The van der Waals surface area contributed by atoms with Crippen LogP contribution in [0.2, 0.25) is 0 Å². The van der Waals surface area contributed by atoms with Crippen LogP contribution in [0, 0.1) is 11.3 Å². The van der Waals surface area contributed by atoms with Crippen molar-refractivity contribution in [3.63, 3.8) is 0 Å². The zero-order valence-electron chi connectivity index (χ0n) is 18.2. The summed E-state index contributed by atoms with van der Waals surface area (Å²) >= 11 is 0. The van der Waals surface area contributed by atoms with Crippen LogP contribution in [0.25, 0.3) is 11.3 Å². The first kappa shape index (κ1) is 21.6. The summed E-state index contributed by atoms with van der Waals surface area (Å²) in [7, 11) is 2.73. The van der Waals surface area contributed by atoms with E-state index in [1.165, 1.54) is 11.3 Å². The number of ether oxygens (including phenoxy) is 3. The number of aliphatic hydroxyl groups is 1. The smallest absolute Gasteiger partial charge is 0.231 e. The number of aliphatic hydroxyl groups excluding tert-OH is 1. The van der Waals surface area contributed by atoms with E-state index in [4.69, 9.17) is 24.3 Å². The lowest BCUT2D eigenvalue weighted by Crippen LogP contribution is -2.62. The monoisotopic (exact) mass is 426 g/mol. The molecule has 1 saturated heterocycles. The number of rotatable bonds is 7. The minimum atomic E-state index is 0.254. The number of hydrogen-bond acceptors (Lipinski definition) is 7. The maximum absolute atomic E-state index is 11.0. The van der Waals surface area contributed by atoms with Crippen LogP contribution in [0.1, 0.15) is 24.8 Å². The number of aryl methyl sites for hydroxylation is 1. The molecule has 2 fully saturated rings. The molecule has 3 aliphatic rings. The summed E-state index contributed by atoms with van der Waals surface area (Å²) in [5.74, 6) is 1.81. The molecule has 7 heteroatoms. The Morgan fingerprint density at radius 2 is 2.00 bits per heavy atom. The molecule has 0 atom stereocenters. The molecule has 2 aliphatic heterocycles. The van der Waals surface area contributed by atoms with Crippen LogP contribution in [0.3, 0.4) is 0 Å². The van der Waals surface area contributed by atoms with Crippen LogP contribution in [-0.4, -0.2) is 57.1 Å². The first-order valence-corrected chi connectivity index (χ1v) is 10.7. The maximum atomic E-state index is 11.0. The van der Waals surface area contributed by atoms with Crippen molar-refractivity contribution in [2.75, 3.05) is 45.6 Å². The van der Waals surface area contributed by atoms with Gasteiger partial charge < -0.3 is 29.0 Å². The van der Waals surface area contributed by atoms with Gasteiger partial charge in [0.25, 0.3) is 0 Å². The van der Waals surface area contributed by atoms with Gasteiger partial charge in [0.15, 0.2) is 11.5 Å². The standard InChI is InChI=1S/C23H26N2O4.CH4O/c1-27-6-2-3-16-7-19(25-13-23(14-25)9-17(10-23)12-26)22(24-11-16)18-4-5-20-21(8-18)29-15-28-20;1-2/h4-5,7-8,11-12,17H,2-3,6,9-10,13-15H2,1H3;2H,1H3. The van der Waals surface area contributed by atoms with Gasteiger partial charge in [-0.2, -0.15) is 0 Å². The average molecular weight is 427 g/mol. The molecule has 0 unspecified atom stereocenters. The second kappa shape index (κ2) is 9.24. The zero-order chi connectivity index (χ0) is 21.8. The van der Waals surface area contributed by atoms with E-state index in [9.17, 15) is 4.79 Å². The lowest BCUT2D eigenvalue weighted by Gasteiger charge is -2.59. The van der Waals surface area contributed by atoms with Crippen molar-refractivity contribution in [2.24, 2.45) is 11.3 Å². The molecule has 3 heterocycles. The number of aldehydes is 1. The first-order chi connectivity index (χ1) is 15.2. The van der Waals surface area contributed by atoms with Gasteiger partial charge in [0.2, 0.25) is 6.79 Å². The number of aromatic nitrogens is 1. The van der Waals surface area contributed by atoms with Crippen molar-refractivity contribution in [2.45, 2.75) is 25.7 Å². The van der Waals surface area contributed by atoms with Crippen molar-refractivity contribution < 1.29 is 24.1 Å². The third kappa shape index (κ3) is 4.25. The number of carbonyl (C=O) groups is 1. The Hall–Kier alpha value is -2.64. The van der Waals surface area contributed by atoms with Crippen molar-refractivity contribution in [3.05, 3.63) is 36.0 Å². The summed E-state index contributed by atoms with van der Waals surface area (Å²) in [5, 5.41) is 7.00. The van der Waals surface area contributed by atoms with Crippen molar-refractivity contribution in [1.82, 2.24) is 4.98 Å². The summed E-state index contributed by atoms with van der Waals surface area (Å²) in [6.07, 6.45) is 7.05. The number of pyridine rings is 1. The molecule has 1 aliphatic carbocycles. The van der Waals surface area contributed by atoms with Crippen molar-refractivity contribution in [1.29, 1.82) is 0 Å². The van der Waals surface area contributed by atoms with Crippen molar-refractivity contribution >= 4 is 12.0 Å².